The number of Topliss-reactive ketones (excluding diaryl/α,β-unsaturated/α-hetero) is 1. The Morgan fingerprint density at radius 3 is 2.64 bits per heavy atom. The Morgan fingerprint density at radius 2 is 1.94 bits per heavy atom. The van der Waals surface area contributed by atoms with Crippen LogP contribution >= 0.6 is 0 Å². The van der Waals surface area contributed by atoms with E-state index in [9.17, 15) is 20.1 Å². The van der Waals surface area contributed by atoms with Gasteiger partial charge in [0.2, 0.25) is 0 Å². The van der Waals surface area contributed by atoms with Gasteiger partial charge in [-0.3, -0.25) is 4.79 Å². The molecule has 0 spiro atoms. The number of carbonyl (C=O) groups excluding carboxylic acids is 1. The third-order valence-corrected chi connectivity index (χ3v) is 10.2. The number of unbranched alkanes of at least 4 members (excludes halogenated alkanes) is 1. The lowest BCUT2D eigenvalue weighted by molar-refractivity contribution is -0.127. The first-order valence-electron chi connectivity index (χ1n) is 14.4. The molecule has 0 amide bonds. The second-order valence-electron chi connectivity index (χ2n) is 12.5. The first kappa shape index (κ1) is 27.5. The standard InChI is InChI=1S/C32H48O4/c1-5-6-9-29(35)32(17-18-32)30(36)15-10-21(2)26-13-14-27-23(8-7-16-31(26,27)4)11-12-24-19-25(33)20-28(34)22(24)3/h10-12,25-29,33-35H,3,5-9,13-20H2,1-2,4H3/t25?,26?,27?,28?,29?,31-/m1/s1. The molecule has 36 heavy (non-hydrogen) atoms. The van der Waals surface area contributed by atoms with E-state index < -0.39 is 23.7 Å². The van der Waals surface area contributed by atoms with Gasteiger partial charge < -0.3 is 15.3 Å². The van der Waals surface area contributed by atoms with Crippen LogP contribution in [0.5, 0.6) is 0 Å². The van der Waals surface area contributed by atoms with Crippen LogP contribution in [0.1, 0.15) is 104 Å². The summed E-state index contributed by atoms with van der Waals surface area (Å²) in [7, 11) is 0. The maximum Gasteiger partial charge on any atom is 0.145 e. The van der Waals surface area contributed by atoms with Crippen molar-refractivity contribution in [3.05, 3.63) is 47.1 Å². The van der Waals surface area contributed by atoms with Crippen LogP contribution in [0.2, 0.25) is 0 Å². The van der Waals surface area contributed by atoms with Crippen molar-refractivity contribution in [1.29, 1.82) is 0 Å². The number of carbonyl (C=O) groups is 1. The average molecular weight is 497 g/mol. The quantitative estimate of drug-likeness (QED) is 0.324. The van der Waals surface area contributed by atoms with Gasteiger partial charge in [0.25, 0.3) is 0 Å². The summed E-state index contributed by atoms with van der Waals surface area (Å²) >= 11 is 0. The lowest BCUT2D eigenvalue weighted by atomic mass is 9.62. The van der Waals surface area contributed by atoms with Crippen molar-refractivity contribution < 1.29 is 20.1 Å². The van der Waals surface area contributed by atoms with E-state index in [4.69, 9.17) is 0 Å². The zero-order valence-electron chi connectivity index (χ0n) is 22.8. The molecule has 0 aromatic rings. The SMILES string of the molecule is C=C1C(=CC=C2CCC[C@]3(C)C(C(C)=CCC(=O)C4(C(O)CCCC)CC4)CCC23)CC(O)CC1O. The van der Waals surface area contributed by atoms with E-state index in [1.54, 1.807) is 0 Å². The van der Waals surface area contributed by atoms with Crippen LogP contribution in [0.25, 0.3) is 0 Å². The summed E-state index contributed by atoms with van der Waals surface area (Å²) in [4.78, 5) is 13.1. The minimum atomic E-state index is -0.649. The van der Waals surface area contributed by atoms with E-state index in [0.717, 1.165) is 56.1 Å². The smallest absolute Gasteiger partial charge is 0.145 e. The summed E-state index contributed by atoms with van der Waals surface area (Å²) in [6, 6.07) is 0. The van der Waals surface area contributed by atoms with Gasteiger partial charge in [0.15, 0.2) is 0 Å². The molecule has 0 aromatic heterocycles. The zero-order valence-corrected chi connectivity index (χ0v) is 22.8. The van der Waals surface area contributed by atoms with Crippen molar-refractivity contribution in [1.82, 2.24) is 0 Å². The molecule has 4 saturated carbocycles. The van der Waals surface area contributed by atoms with Crippen LogP contribution in [0.4, 0.5) is 0 Å². The van der Waals surface area contributed by atoms with Gasteiger partial charge in [-0.25, -0.2) is 0 Å². The predicted molar refractivity (Wildman–Crippen MR) is 145 cm³/mol. The second-order valence-corrected chi connectivity index (χ2v) is 12.5. The largest absolute Gasteiger partial charge is 0.393 e. The fraction of sp³-hybridized carbons (Fsp3) is 0.719. The van der Waals surface area contributed by atoms with Gasteiger partial charge in [0, 0.05) is 12.8 Å². The van der Waals surface area contributed by atoms with E-state index >= 15 is 0 Å². The Labute approximate surface area is 218 Å². The van der Waals surface area contributed by atoms with E-state index in [0.29, 0.717) is 31.1 Å². The Bertz CT molecular complexity index is 936. The predicted octanol–water partition coefficient (Wildman–Crippen LogP) is 6.36. The third-order valence-electron chi connectivity index (χ3n) is 10.2. The normalized spacial score (nSPS) is 37.3. The van der Waals surface area contributed by atoms with Crippen molar-refractivity contribution in [3.8, 4) is 0 Å². The highest BCUT2D eigenvalue weighted by atomic mass is 16.3. The van der Waals surface area contributed by atoms with Crippen LogP contribution in [0.3, 0.4) is 0 Å². The van der Waals surface area contributed by atoms with E-state index in [1.165, 1.54) is 30.4 Å². The number of aliphatic hydroxyl groups excluding tert-OH is 3. The second kappa shape index (κ2) is 11.1. The fourth-order valence-electron chi connectivity index (χ4n) is 7.66. The summed E-state index contributed by atoms with van der Waals surface area (Å²) in [6.45, 7) is 10.8. The molecule has 4 fully saturated rings. The van der Waals surface area contributed by atoms with Gasteiger partial charge in [-0.15, -0.1) is 0 Å². The number of ketones is 1. The van der Waals surface area contributed by atoms with Crippen molar-refractivity contribution >= 4 is 5.78 Å². The number of rotatable bonds is 9. The van der Waals surface area contributed by atoms with Gasteiger partial charge in [0.05, 0.1) is 23.7 Å². The van der Waals surface area contributed by atoms with Crippen LogP contribution in [0, 0.1) is 22.7 Å². The Hall–Kier alpha value is -1.49. The summed E-state index contributed by atoms with van der Waals surface area (Å²) in [5.41, 5.74) is 4.29. The molecule has 0 saturated heterocycles. The van der Waals surface area contributed by atoms with E-state index in [-0.39, 0.29) is 11.2 Å². The Morgan fingerprint density at radius 1 is 1.19 bits per heavy atom. The van der Waals surface area contributed by atoms with Gasteiger partial charge in [-0.1, -0.05) is 62.6 Å². The molecule has 4 rings (SSSR count). The van der Waals surface area contributed by atoms with Crippen molar-refractivity contribution in [2.75, 3.05) is 0 Å². The fourth-order valence-corrected chi connectivity index (χ4v) is 7.66. The molecule has 0 heterocycles. The molecule has 0 aliphatic heterocycles. The minimum Gasteiger partial charge on any atom is -0.393 e. The Kier molecular flexibility index (Phi) is 8.49. The third kappa shape index (κ3) is 5.37. The number of allylic oxidation sites excluding steroid dienone is 5. The van der Waals surface area contributed by atoms with Gasteiger partial charge in [0.1, 0.15) is 5.78 Å². The summed E-state index contributed by atoms with van der Waals surface area (Å²) in [5.74, 6) is 1.25. The monoisotopic (exact) mass is 496 g/mol. The first-order valence-corrected chi connectivity index (χ1v) is 14.4. The summed E-state index contributed by atoms with van der Waals surface area (Å²) in [6.07, 6.45) is 16.6. The molecule has 0 aromatic carbocycles. The van der Waals surface area contributed by atoms with Crippen molar-refractivity contribution in [2.24, 2.45) is 22.7 Å². The van der Waals surface area contributed by atoms with Crippen molar-refractivity contribution in [3.63, 3.8) is 0 Å². The van der Waals surface area contributed by atoms with E-state index in [1.807, 2.05) is 0 Å². The molecule has 3 N–H and O–H groups in total. The molecule has 4 heteroatoms. The molecule has 5 unspecified atom stereocenters. The van der Waals surface area contributed by atoms with Gasteiger partial charge >= 0.3 is 0 Å². The zero-order chi connectivity index (χ0) is 26.1. The highest BCUT2D eigenvalue weighted by Crippen LogP contribution is 2.59. The molecule has 4 aliphatic carbocycles. The molecule has 0 radical (unpaired) electrons. The first-order chi connectivity index (χ1) is 17.1. The molecule has 0 bridgehead atoms. The highest BCUT2D eigenvalue weighted by molar-refractivity contribution is 5.89. The van der Waals surface area contributed by atoms with Crippen molar-refractivity contribution in [2.45, 2.75) is 123 Å². The van der Waals surface area contributed by atoms with Gasteiger partial charge in [-0.05, 0) is 93.1 Å². The number of fused-ring (bicyclic) bond motifs is 1. The number of aliphatic hydroxyl groups is 3. The molecular weight excluding hydrogens is 448 g/mol. The van der Waals surface area contributed by atoms with Crippen LogP contribution in [-0.4, -0.2) is 39.4 Å². The number of hydrogen-bond donors (Lipinski definition) is 3. The molecular formula is C32H48O4. The van der Waals surface area contributed by atoms with Crippen LogP contribution in [0.15, 0.2) is 47.1 Å². The summed E-state index contributed by atoms with van der Waals surface area (Å²) < 4.78 is 0. The molecule has 4 nitrogen and oxygen atoms in total. The highest BCUT2D eigenvalue weighted by Gasteiger charge is 2.54. The maximum atomic E-state index is 13.1. The summed E-state index contributed by atoms with van der Waals surface area (Å²) in [5, 5.41) is 30.9. The van der Waals surface area contributed by atoms with E-state index in [2.05, 4.69) is 45.6 Å². The lowest BCUT2D eigenvalue weighted by Gasteiger charge is -2.43. The molecule has 6 atom stereocenters. The minimum absolute atomic E-state index is 0.201. The molecule has 4 aliphatic rings. The number of hydrogen-bond acceptors (Lipinski definition) is 4. The van der Waals surface area contributed by atoms with Crippen LogP contribution in [-0.2, 0) is 4.79 Å². The topological polar surface area (TPSA) is 77.8 Å². The Balaban J connectivity index is 1.44. The van der Waals surface area contributed by atoms with Gasteiger partial charge in [-0.2, -0.15) is 0 Å². The molecule has 200 valence electrons. The maximum absolute atomic E-state index is 13.1. The van der Waals surface area contributed by atoms with Crippen LogP contribution < -0.4 is 0 Å². The average Bonchev–Trinajstić information content (AvgIpc) is 3.58. The lowest BCUT2D eigenvalue weighted by Crippen LogP contribution is -2.34.